The van der Waals surface area contributed by atoms with Gasteiger partial charge < -0.3 is 15.2 Å². The quantitative estimate of drug-likeness (QED) is 0.813. The summed E-state index contributed by atoms with van der Waals surface area (Å²) in [6, 6.07) is 5.97. The number of carbonyl (C=O) groups excluding carboxylic acids is 1. The first-order valence-electron chi connectivity index (χ1n) is 5.95. The van der Waals surface area contributed by atoms with Crippen molar-refractivity contribution in [1.29, 1.82) is 0 Å². The van der Waals surface area contributed by atoms with Gasteiger partial charge in [0.25, 0.3) is 0 Å². The highest BCUT2D eigenvalue weighted by Crippen LogP contribution is 2.23. The number of methoxy groups -OCH3 is 1. The topological polar surface area (TPSA) is 61.5 Å². The Balaban J connectivity index is 2.59. The first-order valence-corrected chi connectivity index (χ1v) is 5.95. The number of benzene rings is 1. The third-order valence-electron chi connectivity index (χ3n) is 2.93. The minimum Gasteiger partial charge on any atom is -0.493 e. The Labute approximate surface area is 108 Å². The van der Waals surface area contributed by atoms with Crippen molar-refractivity contribution < 1.29 is 14.3 Å². The van der Waals surface area contributed by atoms with Crippen LogP contribution in [0.5, 0.6) is 5.75 Å². The minimum absolute atomic E-state index is 0.383. The van der Waals surface area contributed by atoms with E-state index in [2.05, 4.69) is 4.74 Å². The number of carbonyl (C=O) groups is 1. The Hall–Kier alpha value is -1.55. The zero-order chi connectivity index (χ0) is 13.8. The lowest BCUT2D eigenvalue weighted by molar-refractivity contribution is -0.146. The average Bonchev–Trinajstić information content (AvgIpc) is 2.31. The maximum atomic E-state index is 11.4. The molecule has 1 aromatic carbocycles. The SMILES string of the molecule is COC(=O)C(C)(N)CCOc1c(C)cccc1C. The van der Waals surface area contributed by atoms with E-state index in [1.165, 1.54) is 7.11 Å². The Morgan fingerprint density at radius 1 is 1.33 bits per heavy atom. The molecule has 4 heteroatoms. The third kappa shape index (κ3) is 3.47. The Bertz CT molecular complexity index is 407. The van der Waals surface area contributed by atoms with E-state index in [0.29, 0.717) is 13.0 Å². The van der Waals surface area contributed by atoms with E-state index in [1.807, 2.05) is 32.0 Å². The van der Waals surface area contributed by atoms with Crippen LogP contribution in [0.2, 0.25) is 0 Å². The fraction of sp³-hybridized carbons (Fsp3) is 0.500. The average molecular weight is 251 g/mol. The molecule has 1 rings (SSSR count). The van der Waals surface area contributed by atoms with Crippen molar-refractivity contribution in [3.63, 3.8) is 0 Å². The molecule has 0 heterocycles. The number of hydrogen-bond acceptors (Lipinski definition) is 4. The van der Waals surface area contributed by atoms with E-state index in [-0.39, 0.29) is 0 Å². The summed E-state index contributed by atoms with van der Waals surface area (Å²) < 4.78 is 10.4. The zero-order valence-corrected chi connectivity index (χ0v) is 11.4. The molecule has 1 atom stereocenters. The molecule has 0 aliphatic heterocycles. The van der Waals surface area contributed by atoms with Gasteiger partial charge in [0, 0.05) is 6.42 Å². The van der Waals surface area contributed by atoms with Gasteiger partial charge in [0.05, 0.1) is 13.7 Å². The summed E-state index contributed by atoms with van der Waals surface area (Å²) in [5.74, 6) is 0.436. The van der Waals surface area contributed by atoms with Crippen LogP contribution in [-0.2, 0) is 9.53 Å². The van der Waals surface area contributed by atoms with E-state index >= 15 is 0 Å². The molecule has 0 fully saturated rings. The molecule has 4 nitrogen and oxygen atoms in total. The van der Waals surface area contributed by atoms with Gasteiger partial charge in [-0.3, -0.25) is 4.79 Å². The first-order chi connectivity index (χ1) is 8.38. The molecule has 100 valence electrons. The molecule has 0 radical (unpaired) electrons. The predicted octanol–water partition coefficient (Wildman–Crippen LogP) is 1.96. The maximum absolute atomic E-state index is 11.4. The summed E-state index contributed by atoms with van der Waals surface area (Å²) in [6.45, 7) is 6.01. The van der Waals surface area contributed by atoms with Gasteiger partial charge in [-0.25, -0.2) is 0 Å². The van der Waals surface area contributed by atoms with Crippen LogP contribution in [0.25, 0.3) is 0 Å². The van der Waals surface area contributed by atoms with Gasteiger partial charge in [-0.2, -0.15) is 0 Å². The van der Waals surface area contributed by atoms with Crippen molar-refractivity contribution in [2.45, 2.75) is 32.7 Å². The number of aryl methyl sites for hydroxylation is 2. The lowest BCUT2D eigenvalue weighted by Gasteiger charge is -2.22. The molecule has 0 saturated heterocycles. The minimum atomic E-state index is -1.01. The van der Waals surface area contributed by atoms with Crippen LogP contribution in [0.15, 0.2) is 18.2 Å². The van der Waals surface area contributed by atoms with Gasteiger partial charge in [0.2, 0.25) is 0 Å². The standard InChI is InChI=1S/C14H21NO3/c1-10-6-5-7-11(2)12(10)18-9-8-14(3,15)13(16)17-4/h5-7H,8-9,15H2,1-4H3. The summed E-state index contributed by atoms with van der Waals surface area (Å²) in [6.07, 6.45) is 0.410. The maximum Gasteiger partial charge on any atom is 0.325 e. The van der Waals surface area contributed by atoms with Gasteiger partial charge in [0.1, 0.15) is 11.3 Å². The molecule has 0 aliphatic carbocycles. The summed E-state index contributed by atoms with van der Waals surface area (Å²) in [7, 11) is 1.33. The number of esters is 1. The first kappa shape index (κ1) is 14.5. The van der Waals surface area contributed by atoms with Crippen molar-refractivity contribution >= 4 is 5.97 Å². The second kappa shape index (κ2) is 5.87. The summed E-state index contributed by atoms with van der Waals surface area (Å²) >= 11 is 0. The summed E-state index contributed by atoms with van der Waals surface area (Å²) in [4.78, 5) is 11.4. The van der Waals surface area contributed by atoms with Gasteiger partial charge in [-0.15, -0.1) is 0 Å². The molecule has 0 saturated carbocycles. The molecule has 0 amide bonds. The Morgan fingerprint density at radius 2 is 1.89 bits per heavy atom. The molecular formula is C14H21NO3. The van der Waals surface area contributed by atoms with Crippen LogP contribution in [0.1, 0.15) is 24.5 Å². The van der Waals surface area contributed by atoms with Crippen molar-refractivity contribution in [3.8, 4) is 5.75 Å². The lowest BCUT2D eigenvalue weighted by atomic mass is 10.0. The van der Waals surface area contributed by atoms with Crippen LogP contribution in [0.4, 0.5) is 0 Å². The highest BCUT2D eigenvalue weighted by molar-refractivity contribution is 5.79. The monoisotopic (exact) mass is 251 g/mol. The van der Waals surface area contributed by atoms with Crippen LogP contribution < -0.4 is 10.5 Å². The van der Waals surface area contributed by atoms with Crippen LogP contribution >= 0.6 is 0 Å². The second-order valence-electron chi connectivity index (χ2n) is 4.73. The highest BCUT2D eigenvalue weighted by Gasteiger charge is 2.29. The summed E-state index contributed by atoms with van der Waals surface area (Å²) in [5.41, 5.74) is 7.00. The molecule has 0 aliphatic rings. The molecule has 1 aromatic rings. The van der Waals surface area contributed by atoms with E-state index in [9.17, 15) is 4.79 Å². The van der Waals surface area contributed by atoms with Gasteiger partial charge in [-0.05, 0) is 31.9 Å². The highest BCUT2D eigenvalue weighted by atomic mass is 16.5. The molecule has 0 bridgehead atoms. The normalized spacial score (nSPS) is 13.8. The summed E-state index contributed by atoms with van der Waals surface area (Å²) in [5, 5.41) is 0. The lowest BCUT2D eigenvalue weighted by Crippen LogP contribution is -2.46. The van der Waals surface area contributed by atoms with E-state index in [0.717, 1.165) is 16.9 Å². The van der Waals surface area contributed by atoms with Crippen molar-refractivity contribution in [2.75, 3.05) is 13.7 Å². The van der Waals surface area contributed by atoms with E-state index in [1.54, 1.807) is 6.92 Å². The van der Waals surface area contributed by atoms with Gasteiger partial charge in [0.15, 0.2) is 0 Å². The Kier molecular flexibility index (Phi) is 4.73. The zero-order valence-electron chi connectivity index (χ0n) is 11.4. The van der Waals surface area contributed by atoms with E-state index in [4.69, 9.17) is 10.5 Å². The third-order valence-corrected chi connectivity index (χ3v) is 2.93. The van der Waals surface area contributed by atoms with Gasteiger partial charge >= 0.3 is 5.97 Å². The molecule has 0 aromatic heterocycles. The fourth-order valence-electron chi connectivity index (χ4n) is 1.73. The van der Waals surface area contributed by atoms with Crippen LogP contribution in [0, 0.1) is 13.8 Å². The van der Waals surface area contributed by atoms with Crippen LogP contribution in [0.3, 0.4) is 0 Å². The second-order valence-corrected chi connectivity index (χ2v) is 4.73. The molecule has 1 unspecified atom stereocenters. The number of rotatable bonds is 5. The predicted molar refractivity (Wildman–Crippen MR) is 70.6 cm³/mol. The van der Waals surface area contributed by atoms with Crippen molar-refractivity contribution in [2.24, 2.45) is 5.73 Å². The van der Waals surface area contributed by atoms with Gasteiger partial charge in [-0.1, -0.05) is 18.2 Å². The number of ether oxygens (including phenoxy) is 2. The molecule has 2 N–H and O–H groups in total. The van der Waals surface area contributed by atoms with E-state index < -0.39 is 11.5 Å². The van der Waals surface area contributed by atoms with Crippen LogP contribution in [-0.4, -0.2) is 25.2 Å². The number of para-hydroxylation sites is 1. The van der Waals surface area contributed by atoms with Crippen molar-refractivity contribution in [3.05, 3.63) is 29.3 Å². The fourth-order valence-corrected chi connectivity index (χ4v) is 1.73. The largest absolute Gasteiger partial charge is 0.493 e. The molecule has 0 spiro atoms. The molecule has 18 heavy (non-hydrogen) atoms. The Morgan fingerprint density at radius 3 is 2.39 bits per heavy atom. The number of nitrogens with two attached hydrogens (primary N) is 1. The molecular weight excluding hydrogens is 230 g/mol. The van der Waals surface area contributed by atoms with Crippen molar-refractivity contribution in [1.82, 2.24) is 0 Å². The number of hydrogen-bond donors (Lipinski definition) is 1. The smallest absolute Gasteiger partial charge is 0.325 e.